The van der Waals surface area contributed by atoms with E-state index >= 15 is 0 Å². The highest BCUT2D eigenvalue weighted by Gasteiger charge is 2.04. The molecule has 2 aromatic rings. The number of nitrogens with one attached hydrogen (secondary N) is 1. The molecule has 0 radical (unpaired) electrons. The van der Waals surface area contributed by atoms with Gasteiger partial charge in [-0.2, -0.15) is 0 Å². The molecular formula is C11H19N7O. The number of hydrogen-bond donors (Lipinski definition) is 2. The molecule has 0 aliphatic rings. The third-order valence-electron chi connectivity index (χ3n) is 2.76. The second kappa shape index (κ2) is 6.95. The Labute approximate surface area is 111 Å². The molecule has 0 bridgehead atoms. The van der Waals surface area contributed by atoms with E-state index in [1.165, 1.54) is 0 Å². The fourth-order valence-corrected chi connectivity index (χ4v) is 1.74. The van der Waals surface area contributed by atoms with Gasteiger partial charge >= 0.3 is 0 Å². The molecule has 104 valence electrons. The number of nitrogens with zero attached hydrogens (tertiary/aromatic N) is 6. The summed E-state index contributed by atoms with van der Waals surface area (Å²) in [5.74, 6) is 0.912. The maximum absolute atomic E-state index is 8.74. The van der Waals surface area contributed by atoms with Gasteiger partial charge in [0.25, 0.3) is 0 Å². The first kappa shape index (κ1) is 13.6. The van der Waals surface area contributed by atoms with Crippen molar-refractivity contribution in [3.05, 3.63) is 24.0 Å². The highest BCUT2D eigenvalue weighted by Crippen LogP contribution is 1.97. The minimum absolute atomic E-state index is 0.167. The Bertz CT molecular complexity index is 493. The third kappa shape index (κ3) is 3.83. The Kier molecular flexibility index (Phi) is 4.99. The minimum atomic E-state index is 0.167. The molecule has 2 aromatic heterocycles. The molecule has 0 atom stereocenters. The Morgan fingerprint density at radius 1 is 1.32 bits per heavy atom. The first-order chi connectivity index (χ1) is 9.33. The quantitative estimate of drug-likeness (QED) is 0.672. The van der Waals surface area contributed by atoms with Crippen molar-refractivity contribution >= 4 is 0 Å². The summed E-state index contributed by atoms with van der Waals surface area (Å²) in [6.45, 7) is 5.06. The van der Waals surface area contributed by atoms with E-state index in [1.54, 1.807) is 11.0 Å². The molecule has 2 rings (SSSR count). The summed E-state index contributed by atoms with van der Waals surface area (Å²) in [6, 6.07) is 0. The predicted octanol–water partition coefficient (Wildman–Crippen LogP) is -0.438. The molecule has 0 spiro atoms. The van der Waals surface area contributed by atoms with Crippen molar-refractivity contribution in [2.75, 3.05) is 6.61 Å². The van der Waals surface area contributed by atoms with Crippen LogP contribution in [0.5, 0.6) is 0 Å². The summed E-state index contributed by atoms with van der Waals surface area (Å²) >= 11 is 0. The smallest absolute Gasteiger partial charge is 0.146 e. The van der Waals surface area contributed by atoms with E-state index in [9.17, 15) is 0 Å². The SMILES string of the molecule is CCn1cnnc1CNCc1cn(CCCO)nn1. The van der Waals surface area contributed by atoms with Crippen LogP contribution in [-0.2, 0) is 26.2 Å². The van der Waals surface area contributed by atoms with Gasteiger partial charge in [0.05, 0.1) is 12.2 Å². The molecule has 2 N–H and O–H groups in total. The lowest BCUT2D eigenvalue weighted by Crippen LogP contribution is -2.16. The fraction of sp³-hybridized carbons (Fsp3) is 0.636. The van der Waals surface area contributed by atoms with Gasteiger partial charge in [-0.3, -0.25) is 4.68 Å². The van der Waals surface area contributed by atoms with Crippen LogP contribution in [0.1, 0.15) is 24.9 Å². The number of rotatable bonds is 8. The molecule has 0 saturated carbocycles. The third-order valence-corrected chi connectivity index (χ3v) is 2.76. The van der Waals surface area contributed by atoms with Gasteiger partial charge in [-0.15, -0.1) is 15.3 Å². The average Bonchev–Trinajstić information content (AvgIpc) is 3.05. The Hall–Kier alpha value is -1.80. The zero-order chi connectivity index (χ0) is 13.5. The van der Waals surface area contributed by atoms with Gasteiger partial charge in [0.1, 0.15) is 12.2 Å². The summed E-state index contributed by atoms with van der Waals surface area (Å²) in [6.07, 6.45) is 4.30. The van der Waals surface area contributed by atoms with E-state index < -0.39 is 0 Å². The van der Waals surface area contributed by atoms with Crippen LogP contribution in [0.25, 0.3) is 0 Å². The van der Waals surface area contributed by atoms with Gasteiger partial charge in [0, 0.05) is 32.4 Å². The largest absolute Gasteiger partial charge is 0.396 e. The second-order valence-electron chi connectivity index (χ2n) is 4.19. The van der Waals surface area contributed by atoms with Crippen LogP contribution in [0.3, 0.4) is 0 Å². The molecule has 0 fully saturated rings. The van der Waals surface area contributed by atoms with E-state index in [4.69, 9.17) is 5.11 Å². The number of aliphatic hydroxyl groups is 1. The molecule has 0 aliphatic carbocycles. The normalized spacial score (nSPS) is 11.1. The van der Waals surface area contributed by atoms with Gasteiger partial charge in [-0.05, 0) is 13.3 Å². The predicted molar refractivity (Wildman–Crippen MR) is 68.0 cm³/mol. The van der Waals surface area contributed by atoms with Gasteiger partial charge in [0.15, 0.2) is 0 Å². The zero-order valence-corrected chi connectivity index (χ0v) is 11.0. The van der Waals surface area contributed by atoms with Gasteiger partial charge in [0.2, 0.25) is 0 Å². The van der Waals surface area contributed by atoms with Crippen molar-refractivity contribution in [3.63, 3.8) is 0 Å². The number of aliphatic hydroxyl groups excluding tert-OH is 1. The summed E-state index contributed by atoms with van der Waals surface area (Å²) in [7, 11) is 0. The van der Waals surface area contributed by atoms with E-state index in [0.29, 0.717) is 26.1 Å². The zero-order valence-electron chi connectivity index (χ0n) is 11.0. The maximum Gasteiger partial charge on any atom is 0.146 e. The summed E-state index contributed by atoms with van der Waals surface area (Å²) in [4.78, 5) is 0. The molecule has 2 heterocycles. The molecule has 0 amide bonds. The van der Waals surface area contributed by atoms with Crippen LogP contribution in [0.15, 0.2) is 12.5 Å². The molecule has 0 aliphatic heterocycles. The molecule has 0 aromatic carbocycles. The lowest BCUT2D eigenvalue weighted by atomic mass is 10.4. The monoisotopic (exact) mass is 265 g/mol. The van der Waals surface area contributed by atoms with E-state index in [1.807, 2.05) is 10.8 Å². The van der Waals surface area contributed by atoms with Gasteiger partial charge in [-0.1, -0.05) is 5.21 Å². The summed E-state index contributed by atoms with van der Waals surface area (Å²) < 4.78 is 3.73. The number of aryl methyl sites for hydroxylation is 2. The lowest BCUT2D eigenvalue weighted by molar-refractivity contribution is 0.276. The summed E-state index contributed by atoms with van der Waals surface area (Å²) in [5.41, 5.74) is 0.875. The van der Waals surface area contributed by atoms with Crippen LogP contribution in [0.2, 0.25) is 0 Å². The first-order valence-corrected chi connectivity index (χ1v) is 6.40. The maximum atomic E-state index is 8.74. The molecular weight excluding hydrogens is 246 g/mol. The highest BCUT2D eigenvalue weighted by molar-refractivity contribution is 4.93. The van der Waals surface area contributed by atoms with Crippen molar-refractivity contribution in [1.29, 1.82) is 0 Å². The van der Waals surface area contributed by atoms with E-state index in [-0.39, 0.29) is 6.61 Å². The van der Waals surface area contributed by atoms with Crippen LogP contribution >= 0.6 is 0 Å². The van der Waals surface area contributed by atoms with Crippen LogP contribution in [0, 0.1) is 0 Å². The lowest BCUT2D eigenvalue weighted by Gasteiger charge is -2.03. The molecule has 0 unspecified atom stereocenters. The van der Waals surface area contributed by atoms with Crippen molar-refractivity contribution in [2.45, 2.75) is 39.5 Å². The van der Waals surface area contributed by atoms with Gasteiger partial charge in [-0.25, -0.2) is 0 Å². The Morgan fingerprint density at radius 2 is 2.21 bits per heavy atom. The molecule has 0 saturated heterocycles. The minimum Gasteiger partial charge on any atom is -0.396 e. The number of hydrogen-bond acceptors (Lipinski definition) is 6. The Balaban J connectivity index is 1.77. The highest BCUT2D eigenvalue weighted by atomic mass is 16.3. The van der Waals surface area contributed by atoms with Crippen LogP contribution < -0.4 is 5.32 Å². The molecule has 19 heavy (non-hydrogen) atoms. The molecule has 8 nitrogen and oxygen atoms in total. The first-order valence-electron chi connectivity index (χ1n) is 6.40. The summed E-state index contributed by atoms with van der Waals surface area (Å²) in [5, 5.41) is 28.0. The average molecular weight is 265 g/mol. The standard InChI is InChI=1S/C11H19N7O/c1-2-17-9-13-15-11(17)7-12-6-10-8-18(16-14-10)4-3-5-19/h8-9,12,19H,2-7H2,1H3. The van der Waals surface area contributed by atoms with Crippen molar-refractivity contribution < 1.29 is 5.11 Å². The molecule has 8 heteroatoms. The fourth-order valence-electron chi connectivity index (χ4n) is 1.74. The van der Waals surface area contributed by atoms with Crippen LogP contribution in [-0.4, -0.2) is 41.5 Å². The van der Waals surface area contributed by atoms with Crippen molar-refractivity contribution in [3.8, 4) is 0 Å². The van der Waals surface area contributed by atoms with Gasteiger partial charge < -0.3 is 15.0 Å². The second-order valence-corrected chi connectivity index (χ2v) is 4.19. The van der Waals surface area contributed by atoms with E-state index in [2.05, 4.69) is 32.7 Å². The van der Waals surface area contributed by atoms with Crippen molar-refractivity contribution in [2.24, 2.45) is 0 Å². The topological polar surface area (TPSA) is 93.7 Å². The van der Waals surface area contributed by atoms with Crippen molar-refractivity contribution in [1.82, 2.24) is 35.1 Å². The van der Waals surface area contributed by atoms with E-state index in [0.717, 1.165) is 18.1 Å². The number of aromatic nitrogens is 6. The Morgan fingerprint density at radius 3 is 3.00 bits per heavy atom. The van der Waals surface area contributed by atoms with Crippen LogP contribution in [0.4, 0.5) is 0 Å².